The van der Waals surface area contributed by atoms with Crippen LogP contribution < -0.4 is 5.73 Å². The zero-order chi connectivity index (χ0) is 9.72. The summed E-state index contributed by atoms with van der Waals surface area (Å²) in [7, 11) is 1.78. The van der Waals surface area contributed by atoms with Crippen LogP contribution >= 0.6 is 0 Å². The molecule has 12 heavy (non-hydrogen) atoms. The lowest BCUT2D eigenvalue weighted by Crippen LogP contribution is -2.47. The van der Waals surface area contributed by atoms with Gasteiger partial charge in [-0.15, -0.1) is 0 Å². The molecule has 0 aromatic rings. The monoisotopic (exact) mass is 174 g/mol. The number of aliphatic hydroxyl groups excluding tert-OH is 1. The van der Waals surface area contributed by atoms with Crippen molar-refractivity contribution >= 4 is 5.91 Å². The Kier molecular flexibility index (Phi) is 4.85. The Hall–Kier alpha value is -0.610. The molecule has 0 spiro atoms. The van der Waals surface area contributed by atoms with Gasteiger partial charge >= 0.3 is 0 Å². The molecule has 4 heteroatoms. The molecule has 0 saturated carbocycles. The number of carbonyl (C=O) groups is 1. The number of nitrogens with zero attached hydrogens (tertiary/aromatic N) is 1. The Labute approximate surface area is 73.3 Å². The first-order chi connectivity index (χ1) is 5.50. The van der Waals surface area contributed by atoms with Crippen molar-refractivity contribution in [3.63, 3.8) is 0 Å². The lowest BCUT2D eigenvalue weighted by molar-refractivity contribution is -0.124. The predicted octanol–water partition coefficient (Wildman–Crippen LogP) is -0.580. The number of carbonyl (C=O) groups excluding carboxylic acids is 1. The van der Waals surface area contributed by atoms with Crippen LogP contribution in [-0.2, 0) is 4.79 Å². The highest BCUT2D eigenvalue weighted by atomic mass is 16.3. The van der Waals surface area contributed by atoms with Crippen molar-refractivity contribution in [2.75, 3.05) is 20.2 Å². The van der Waals surface area contributed by atoms with Crippen LogP contribution in [0.3, 0.4) is 0 Å². The topological polar surface area (TPSA) is 66.6 Å². The molecule has 4 nitrogen and oxygen atoms in total. The van der Waals surface area contributed by atoms with E-state index >= 15 is 0 Å². The van der Waals surface area contributed by atoms with E-state index in [1.807, 2.05) is 13.8 Å². The lowest BCUT2D eigenvalue weighted by Gasteiger charge is -2.27. The summed E-state index contributed by atoms with van der Waals surface area (Å²) >= 11 is 0. The maximum absolute atomic E-state index is 11.0. The molecule has 0 rings (SSSR count). The fraction of sp³-hybridized carbons (Fsp3) is 0.875. The standard InChI is InChI=1S/C8H18N2O2/c1-6(2)7(8(9)12)10(3)4-5-11/h6-7,11H,4-5H2,1-3H3,(H2,9,12). The first-order valence-electron chi connectivity index (χ1n) is 4.11. The third kappa shape index (κ3) is 3.19. The summed E-state index contributed by atoms with van der Waals surface area (Å²) in [4.78, 5) is 12.7. The van der Waals surface area contributed by atoms with Gasteiger partial charge in [-0.2, -0.15) is 0 Å². The minimum atomic E-state index is -0.332. The normalized spacial score (nSPS) is 13.8. The molecule has 1 atom stereocenters. The molecule has 0 radical (unpaired) electrons. The van der Waals surface area contributed by atoms with E-state index in [4.69, 9.17) is 10.8 Å². The van der Waals surface area contributed by atoms with Crippen molar-refractivity contribution in [1.29, 1.82) is 0 Å². The van der Waals surface area contributed by atoms with Gasteiger partial charge in [0.25, 0.3) is 0 Å². The maximum Gasteiger partial charge on any atom is 0.235 e. The molecule has 0 aromatic heterocycles. The van der Waals surface area contributed by atoms with E-state index in [2.05, 4.69) is 0 Å². The van der Waals surface area contributed by atoms with Crippen molar-refractivity contribution in [2.45, 2.75) is 19.9 Å². The van der Waals surface area contributed by atoms with Crippen molar-refractivity contribution in [3.8, 4) is 0 Å². The molecular formula is C8H18N2O2. The average molecular weight is 174 g/mol. The number of nitrogens with two attached hydrogens (primary N) is 1. The second kappa shape index (κ2) is 5.11. The summed E-state index contributed by atoms with van der Waals surface area (Å²) in [5.41, 5.74) is 5.21. The van der Waals surface area contributed by atoms with Gasteiger partial charge in [0.2, 0.25) is 5.91 Å². The molecule has 0 heterocycles. The van der Waals surface area contributed by atoms with E-state index in [1.54, 1.807) is 11.9 Å². The van der Waals surface area contributed by atoms with E-state index in [0.29, 0.717) is 6.54 Å². The highest BCUT2D eigenvalue weighted by Crippen LogP contribution is 2.07. The number of aliphatic hydroxyl groups is 1. The van der Waals surface area contributed by atoms with E-state index in [0.717, 1.165) is 0 Å². The summed E-state index contributed by atoms with van der Waals surface area (Å²) in [6, 6.07) is -0.280. The molecule has 0 fully saturated rings. The van der Waals surface area contributed by atoms with E-state index < -0.39 is 0 Å². The Morgan fingerprint density at radius 3 is 2.33 bits per heavy atom. The number of primary amides is 1. The Morgan fingerprint density at radius 2 is 2.08 bits per heavy atom. The van der Waals surface area contributed by atoms with E-state index in [-0.39, 0.29) is 24.5 Å². The molecule has 0 aliphatic heterocycles. The number of hydrogen-bond acceptors (Lipinski definition) is 3. The zero-order valence-corrected chi connectivity index (χ0v) is 7.95. The molecule has 1 amide bonds. The van der Waals surface area contributed by atoms with Gasteiger partial charge < -0.3 is 10.8 Å². The number of likely N-dealkylation sites (N-methyl/N-ethyl adjacent to an activating group) is 1. The van der Waals surface area contributed by atoms with E-state index in [1.165, 1.54) is 0 Å². The number of amides is 1. The van der Waals surface area contributed by atoms with Crippen molar-refractivity contribution < 1.29 is 9.90 Å². The number of hydrogen-bond donors (Lipinski definition) is 2. The molecule has 3 N–H and O–H groups in total. The Balaban J connectivity index is 4.19. The van der Waals surface area contributed by atoms with Crippen LogP contribution in [0.25, 0.3) is 0 Å². The van der Waals surface area contributed by atoms with Crippen LogP contribution in [0.1, 0.15) is 13.8 Å². The first-order valence-corrected chi connectivity index (χ1v) is 4.11. The smallest absolute Gasteiger partial charge is 0.235 e. The quantitative estimate of drug-likeness (QED) is 0.586. The summed E-state index contributed by atoms with van der Waals surface area (Å²) in [5, 5.41) is 8.66. The van der Waals surface area contributed by atoms with Crippen molar-refractivity contribution in [1.82, 2.24) is 4.90 Å². The van der Waals surface area contributed by atoms with E-state index in [9.17, 15) is 4.79 Å². The molecular weight excluding hydrogens is 156 g/mol. The minimum absolute atomic E-state index is 0.0486. The first kappa shape index (κ1) is 11.4. The molecule has 1 unspecified atom stereocenters. The molecule has 0 aliphatic rings. The Morgan fingerprint density at radius 1 is 1.58 bits per heavy atom. The van der Waals surface area contributed by atoms with Crippen molar-refractivity contribution in [2.24, 2.45) is 11.7 Å². The van der Waals surface area contributed by atoms with Gasteiger partial charge in [0.1, 0.15) is 0 Å². The molecule has 0 aromatic carbocycles. The van der Waals surface area contributed by atoms with Crippen LogP contribution in [-0.4, -0.2) is 42.2 Å². The summed E-state index contributed by atoms with van der Waals surface area (Å²) in [5.74, 6) is -0.153. The van der Waals surface area contributed by atoms with Crippen LogP contribution in [0.5, 0.6) is 0 Å². The third-order valence-electron chi connectivity index (χ3n) is 1.85. The van der Waals surface area contributed by atoms with Gasteiger partial charge in [0.15, 0.2) is 0 Å². The van der Waals surface area contributed by atoms with Crippen LogP contribution in [0.15, 0.2) is 0 Å². The van der Waals surface area contributed by atoms with Gasteiger partial charge in [-0.25, -0.2) is 0 Å². The van der Waals surface area contributed by atoms with Gasteiger partial charge in [-0.3, -0.25) is 9.69 Å². The highest BCUT2D eigenvalue weighted by Gasteiger charge is 2.23. The summed E-state index contributed by atoms with van der Waals surface area (Å²) in [6.45, 7) is 4.39. The molecule has 0 aliphatic carbocycles. The Bertz CT molecular complexity index is 148. The number of rotatable bonds is 5. The fourth-order valence-electron chi connectivity index (χ4n) is 1.35. The molecule has 72 valence electrons. The van der Waals surface area contributed by atoms with Gasteiger partial charge in [-0.1, -0.05) is 13.8 Å². The van der Waals surface area contributed by atoms with Crippen LogP contribution in [0.4, 0.5) is 0 Å². The second-order valence-corrected chi connectivity index (χ2v) is 3.30. The van der Waals surface area contributed by atoms with Gasteiger partial charge in [0.05, 0.1) is 12.6 Å². The zero-order valence-electron chi connectivity index (χ0n) is 7.95. The maximum atomic E-state index is 11.0. The molecule has 0 bridgehead atoms. The predicted molar refractivity (Wildman–Crippen MR) is 47.5 cm³/mol. The highest BCUT2D eigenvalue weighted by molar-refractivity contribution is 5.80. The average Bonchev–Trinajstić information content (AvgIpc) is 1.85. The van der Waals surface area contributed by atoms with Crippen molar-refractivity contribution in [3.05, 3.63) is 0 Å². The van der Waals surface area contributed by atoms with Crippen LogP contribution in [0.2, 0.25) is 0 Å². The van der Waals surface area contributed by atoms with Crippen LogP contribution in [0, 0.1) is 5.92 Å². The molecule has 0 saturated heterocycles. The second-order valence-electron chi connectivity index (χ2n) is 3.30. The van der Waals surface area contributed by atoms with Gasteiger partial charge in [-0.05, 0) is 13.0 Å². The fourth-order valence-corrected chi connectivity index (χ4v) is 1.35. The van der Waals surface area contributed by atoms with Gasteiger partial charge in [0, 0.05) is 6.54 Å². The minimum Gasteiger partial charge on any atom is -0.395 e. The summed E-state index contributed by atoms with van der Waals surface area (Å²) in [6.07, 6.45) is 0. The third-order valence-corrected chi connectivity index (χ3v) is 1.85. The largest absolute Gasteiger partial charge is 0.395 e. The SMILES string of the molecule is CC(C)C(C(N)=O)N(C)CCO. The lowest BCUT2D eigenvalue weighted by atomic mass is 10.0. The summed E-state index contributed by atoms with van der Waals surface area (Å²) < 4.78 is 0.